The quantitative estimate of drug-likeness (QED) is 0.813. The van der Waals surface area contributed by atoms with Crippen LogP contribution in [0.1, 0.15) is 5.56 Å². The van der Waals surface area contributed by atoms with Crippen molar-refractivity contribution >= 4 is 37.8 Å². The van der Waals surface area contributed by atoms with Crippen molar-refractivity contribution in [1.82, 2.24) is 5.32 Å². The molecule has 0 radical (unpaired) electrons. The molecule has 0 aromatic heterocycles. The van der Waals surface area contributed by atoms with Crippen LogP contribution in [0.4, 0.5) is 0 Å². The molecule has 0 amide bonds. The van der Waals surface area contributed by atoms with Gasteiger partial charge >= 0.3 is 5.97 Å². The van der Waals surface area contributed by atoms with E-state index >= 15 is 0 Å². The van der Waals surface area contributed by atoms with Crippen LogP contribution in [0.2, 0.25) is 0 Å². The van der Waals surface area contributed by atoms with Crippen molar-refractivity contribution in [3.63, 3.8) is 0 Å². The first-order valence-corrected chi connectivity index (χ1v) is 6.46. The van der Waals surface area contributed by atoms with E-state index in [4.69, 9.17) is 4.74 Å². The van der Waals surface area contributed by atoms with Crippen molar-refractivity contribution in [3.05, 3.63) is 26.6 Å². The number of methoxy groups -OCH3 is 2. The molecule has 0 fully saturated rings. The molecule has 6 heteroatoms. The van der Waals surface area contributed by atoms with Gasteiger partial charge in [-0.15, -0.1) is 0 Å². The van der Waals surface area contributed by atoms with E-state index in [9.17, 15) is 4.79 Å². The zero-order valence-electron chi connectivity index (χ0n) is 9.55. The first-order chi connectivity index (χ1) is 8.08. The molecule has 0 aliphatic rings. The Morgan fingerprint density at radius 3 is 2.65 bits per heavy atom. The van der Waals surface area contributed by atoms with Gasteiger partial charge < -0.3 is 14.8 Å². The number of nitrogens with one attached hydrogen (secondary N) is 1. The van der Waals surface area contributed by atoms with Crippen LogP contribution < -0.4 is 10.1 Å². The number of esters is 1. The predicted octanol–water partition coefficient (Wildman–Crippen LogP) is 2.48. The third kappa shape index (κ3) is 4.29. The SMILES string of the molecule is COC(=O)CNCc1cc(Br)cc(Br)c1OC. The van der Waals surface area contributed by atoms with Gasteiger partial charge in [-0.2, -0.15) is 0 Å². The third-order valence-electron chi connectivity index (χ3n) is 2.10. The van der Waals surface area contributed by atoms with Crippen LogP contribution >= 0.6 is 31.9 Å². The molecule has 0 heterocycles. The van der Waals surface area contributed by atoms with E-state index in [-0.39, 0.29) is 12.5 Å². The summed E-state index contributed by atoms with van der Waals surface area (Å²) in [5, 5.41) is 2.99. The molecular weight excluding hydrogens is 354 g/mol. The lowest BCUT2D eigenvalue weighted by atomic mass is 10.2. The Labute approximate surface area is 117 Å². The van der Waals surface area contributed by atoms with Crippen molar-refractivity contribution < 1.29 is 14.3 Å². The van der Waals surface area contributed by atoms with Gasteiger partial charge in [-0.3, -0.25) is 4.79 Å². The van der Waals surface area contributed by atoms with Gasteiger partial charge in [0.25, 0.3) is 0 Å². The molecular formula is C11H13Br2NO3. The topological polar surface area (TPSA) is 47.6 Å². The van der Waals surface area contributed by atoms with Crippen molar-refractivity contribution in [2.75, 3.05) is 20.8 Å². The van der Waals surface area contributed by atoms with E-state index in [2.05, 4.69) is 41.9 Å². The number of hydrogen-bond donors (Lipinski definition) is 1. The molecule has 1 aromatic carbocycles. The molecule has 0 aliphatic heterocycles. The Kier molecular flexibility index (Phi) is 5.94. The van der Waals surface area contributed by atoms with Crippen molar-refractivity contribution in [3.8, 4) is 5.75 Å². The normalized spacial score (nSPS) is 10.1. The minimum absolute atomic E-state index is 0.170. The fourth-order valence-electron chi connectivity index (χ4n) is 1.34. The van der Waals surface area contributed by atoms with Gasteiger partial charge in [0.1, 0.15) is 5.75 Å². The lowest BCUT2D eigenvalue weighted by molar-refractivity contribution is -0.139. The standard InChI is InChI=1S/C11H13Br2NO3/c1-16-10(15)6-14-5-7-3-8(12)4-9(13)11(7)17-2/h3-4,14H,5-6H2,1-2H3. The number of ether oxygens (including phenoxy) is 2. The van der Waals surface area contributed by atoms with Gasteiger partial charge in [0, 0.05) is 16.6 Å². The highest BCUT2D eigenvalue weighted by molar-refractivity contribution is 9.11. The first-order valence-electron chi connectivity index (χ1n) is 4.88. The molecule has 0 bridgehead atoms. The molecule has 1 rings (SSSR count). The van der Waals surface area contributed by atoms with E-state index < -0.39 is 0 Å². The van der Waals surface area contributed by atoms with Crippen LogP contribution in [-0.2, 0) is 16.1 Å². The van der Waals surface area contributed by atoms with Crippen LogP contribution in [0.25, 0.3) is 0 Å². The van der Waals surface area contributed by atoms with Crippen molar-refractivity contribution in [2.24, 2.45) is 0 Å². The Morgan fingerprint density at radius 1 is 1.35 bits per heavy atom. The van der Waals surface area contributed by atoms with Gasteiger partial charge in [0.15, 0.2) is 0 Å². The molecule has 0 unspecified atom stereocenters. The van der Waals surface area contributed by atoms with Crippen LogP contribution in [0.3, 0.4) is 0 Å². The average Bonchev–Trinajstić information content (AvgIpc) is 2.28. The van der Waals surface area contributed by atoms with Gasteiger partial charge in [-0.25, -0.2) is 0 Å². The molecule has 1 N–H and O–H groups in total. The summed E-state index contributed by atoms with van der Waals surface area (Å²) < 4.78 is 11.6. The molecule has 0 atom stereocenters. The number of hydrogen-bond acceptors (Lipinski definition) is 4. The maximum Gasteiger partial charge on any atom is 0.319 e. The minimum Gasteiger partial charge on any atom is -0.495 e. The molecule has 1 aromatic rings. The van der Waals surface area contributed by atoms with Gasteiger partial charge in [-0.1, -0.05) is 15.9 Å². The second kappa shape index (κ2) is 6.98. The largest absolute Gasteiger partial charge is 0.495 e. The fourth-order valence-corrected chi connectivity index (χ4v) is 2.82. The van der Waals surface area contributed by atoms with Crippen LogP contribution in [0, 0.1) is 0 Å². The molecule has 0 saturated heterocycles. The van der Waals surface area contributed by atoms with Crippen LogP contribution in [-0.4, -0.2) is 26.7 Å². The molecule has 94 valence electrons. The van der Waals surface area contributed by atoms with Crippen molar-refractivity contribution in [2.45, 2.75) is 6.54 Å². The summed E-state index contributed by atoms with van der Waals surface area (Å²) in [5.41, 5.74) is 0.956. The Bertz CT molecular complexity index is 410. The summed E-state index contributed by atoms with van der Waals surface area (Å²) in [4.78, 5) is 11.0. The molecule has 0 aliphatic carbocycles. The maximum atomic E-state index is 11.0. The lowest BCUT2D eigenvalue weighted by Gasteiger charge is -2.11. The minimum atomic E-state index is -0.293. The number of rotatable bonds is 5. The summed E-state index contributed by atoms with van der Waals surface area (Å²) in [6, 6.07) is 3.84. The second-order valence-electron chi connectivity index (χ2n) is 3.26. The highest BCUT2D eigenvalue weighted by Gasteiger charge is 2.09. The van der Waals surface area contributed by atoms with Crippen LogP contribution in [0.15, 0.2) is 21.1 Å². The van der Waals surface area contributed by atoms with E-state index in [0.29, 0.717) is 6.54 Å². The fraction of sp³-hybridized carbons (Fsp3) is 0.364. The molecule has 17 heavy (non-hydrogen) atoms. The average molecular weight is 367 g/mol. The Hall–Kier alpha value is -0.590. The first kappa shape index (κ1) is 14.5. The third-order valence-corrected chi connectivity index (χ3v) is 3.15. The number of carbonyl (C=O) groups excluding carboxylic acids is 1. The molecule has 0 saturated carbocycles. The number of benzene rings is 1. The summed E-state index contributed by atoms with van der Waals surface area (Å²) >= 11 is 6.82. The summed E-state index contributed by atoms with van der Waals surface area (Å²) in [6.45, 7) is 0.695. The van der Waals surface area contributed by atoms with E-state index in [1.165, 1.54) is 7.11 Å². The number of halogens is 2. The predicted molar refractivity (Wildman–Crippen MR) is 72.1 cm³/mol. The van der Waals surface area contributed by atoms with E-state index in [0.717, 1.165) is 20.3 Å². The molecule has 4 nitrogen and oxygen atoms in total. The lowest BCUT2D eigenvalue weighted by Crippen LogP contribution is -2.23. The number of carbonyl (C=O) groups is 1. The van der Waals surface area contributed by atoms with Gasteiger partial charge in [-0.05, 0) is 28.1 Å². The summed E-state index contributed by atoms with van der Waals surface area (Å²) in [6.07, 6.45) is 0. The summed E-state index contributed by atoms with van der Waals surface area (Å²) in [7, 11) is 2.97. The highest BCUT2D eigenvalue weighted by Crippen LogP contribution is 2.32. The maximum absolute atomic E-state index is 11.0. The zero-order valence-corrected chi connectivity index (χ0v) is 12.7. The van der Waals surface area contributed by atoms with Crippen LogP contribution in [0.5, 0.6) is 5.75 Å². The zero-order chi connectivity index (χ0) is 12.8. The smallest absolute Gasteiger partial charge is 0.319 e. The second-order valence-corrected chi connectivity index (χ2v) is 5.03. The van der Waals surface area contributed by atoms with Gasteiger partial charge in [0.05, 0.1) is 25.2 Å². The van der Waals surface area contributed by atoms with Gasteiger partial charge in [0.2, 0.25) is 0 Å². The van der Waals surface area contributed by atoms with E-state index in [1.807, 2.05) is 12.1 Å². The van der Waals surface area contributed by atoms with E-state index in [1.54, 1.807) is 7.11 Å². The summed E-state index contributed by atoms with van der Waals surface area (Å²) in [5.74, 6) is 0.462. The Balaban J connectivity index is 2.72. The highest BCUT2D eigenvalue weighted by atomic mass is 79.9. The monoisotopic (exact) mass is 365 g/mol. The Morgan fingerprint density at radius 2 is 2.06 bits per heavy atom. The van der Waals surface area contributed by atoms with Crippen molar-refractivity contribution in [1.29, 1.82) is 0 Å². The molecule has 0 spiro atoms.